The number of pyridine rings is 1. The average Bonchev–Trinajstić information content (AvgIpc) is 3.33. The van der Waals surface area contributed by atoms with E-state index in [-0.39, 0.29) is 25.4 Å². The molecule has 2 aromatic carbocycles. The van der Waals surface area contributed by atoms with Gasteiger partial charge in [-0.05, 0) is 75.6 Å². The quantitative estimate of drug-likeness (QED) is 0.191. The zero-order chi connectivity index (χ0) is 28.9. The number of hydrogen-bond acceptors (Lipinski definition) is 7. The van der Waals surface area contributed by atoms with Crippen molar-refractivity contribution in [3.8, 4) is 22.8 Å². The lowest BCUT2D eigenvalue weighted by molar-refractivity contribution is 0.0520. The number of alkyl carbamates (subject to hydrolysis) is 1. The summed E-state index contributed by atoms with van der Waals surface area (Å²) >= 11 is 0. The van der Waals surface area contributed by atoms with Gasteiger partial charge in [0, 0.05) is 34.7 Å². The molecule has 40 heavy (non-hydrogen) atoms. The number of carbonyl (C=O) groups excluding carboxylic acids is 2. The van der Waals surface area contributed by atoms with Crippen molar-refractivity contribution in [3.05, 3.63) is 70.9 Å². The van der Waals surface area contributed by atoms with Crippen LogP contribution in [0.4, 0.5) is 4.79 Å². The number of carbonyl (C=O) groups is 2. The number of ketones is 1. The van der Waals surface area contributed by atoms with Gasteiger partial charge in [0.25, 0.3) is 0 Å². The Balaban J connectivity index is 1.46. The minimum atomic E-state index is -0.576. The maximum absolute atomic E-state index is 13.3. The Morgan fingerprint density at radius 2 is 1.80 bits per heavy atom. The molecular formula is C31H36N4O5. The van der Waals surface area contributed by atoms with Gasteiger partial charge in [-0.15, -0.1) is 0 Å². The number of benzene rings is 2. The lowest BCUT2D eigenvalue weighted by Crippen LogP contribution is -2.34. The lowest BCUT2D eigenvalue weighted by atomic mass is 9.97. The van der Waals surface area contributed by atoms with Crippen LogP contribution in [0.3, 0.4) is 0 Å². The molecule has 0 spiro atoms. The maximum atomic E-state index is 13.3. The Hall–Kier alpha value is -4.40. The number of aromatic amines is 1. The zero-order valence-corrected chi connectivity index (χ0v) is 23.9. The van der Waals surface area contributed by atoms with Crippen molar-refractivity contribution in [2.45, 2.75) is 53.1 Å². The van der Waals surface area contributed by atoms with Gasteiger partial charge in [-0.3, -0.25) is 9.89 Å². The Kier molecular flexibility index (Phi) is 8.72. The van der Waals surface area contributed by atoms with Crippen LogP contribution in [-0.2, 0) is 17.6 Å². The maximum Gasteiger partial charge on any atom is 0.407 e. The highest BCUT2D eigenvalue weighted by atomic mass is 16.6. The average molecular weight is 545 g/mol. The molecule has 0 aliphatic heterocycles. The minimum Gasteiger partial charge on any atom is -0.497 e. The molecule has 0 atom stereocenters. The van der Waals surface area contributed by atoms with E-state index < -0.39 is 11.7 Å². The number of aryl methyl sites for hydroxylation is 2. The first kappa shape index (κ1) is 28.6. The molecule has 0 bridgehead atoms. The number of amides is 1. The van der Waals surface area contributed by atoms with Gasteiger partial charge >= 0.3 is 6.09 Å². The molecule has 9 nitrogen and oxygen atoms in total. The van der Waals surface area contributed by atoms with Crippen LogP contribution >= 0.6 is 0 Å². The van der Waals surface area contributed by atoms with Crippen molar-refractivity contribution in [1.82, 2.24) is 20.5 Å². The number of fused-ring (bicyclic) bond motifs is 1. The van der Waals surface area contributed by atoms with Crippen molar-refractivity contribution < 1.29 is 23.8 Å². The van der Waals surface area contributed by atoms with Crippen LogP contribution in [0.2, 0.25) is 0 Å². The number of methoxy groups -OCH3 is 1. The van der Waals surface area contributed by atoms with Crippen molar-refractivity contribution in [2.75, 3.05) is 20.3 Å². The van der Waals surface area contributed by atoms with E-state index in [1.165, 1.54) is 7.11 Å². The highest BCUT2D eigenvalue weighted by Crippen LogP contribution is 2.28. The van der Waals surface area contributed by atoms with E-state index in [9.17, 15) is 9.59 Å². The topological polar surface area (TPSA) is 115 Å². The summed E-state index contributed by atoms with van der Waals surface area (Å²) in [6, 6.07) is 15.1. The summed E-state index contributed by atoms with van der Waals surface area (Å²) < 4.78 is 16.4. The van der Waals surface area contributed by atoms with Crippen LogP contribution < -0.4 is 14.8 Å². The van der Waals surface area contributed by atoms with Crippen LogP contribution in [-0.4, -0.2) is 52.9 Å². The van der Waals surface area contributed by atoms with Gasteiger partial charge in [0.05, 0.1) is 19.3 Å². The Morgan fingerprint density at radius 1 is 1.02 bits per heavy atom. The van der Waals surface area contributed by atoms with Gasteiger partial charge in [0.1, 0.15) is 23.7 Å². The number of aromatic nitrogens is 3. The van der Waals surface area contributed by atoms with Crippen molar-refractivity contribution in [2.24, 2.45) is 0 Å². The molecule has 0 saturated heterocycles. The summed E-state index contributed by atoms with van der Waals surface area (Å²) in [5.41, 5.74) is 5.34. The molecule has 2 aromatic heterocycles. The third-order valence-corrected chi connectivity index (χ3v) is 6.27. The molecule has 0 aliphatic rings. The van der Waals surface area contributed by atoms with E-state index in [0.29, 0.717) is 22.7 Å². The van der Waals surface area contributed by atoms with Crippen molar-refractivity contribution in [1.29, 1.82) is 0 Å². The normalized spacial score (nSPS) is 11.3. The molecule has 0 aliphatic carbocycles. The molecule has 0 radical (unpaired) electrons. The molecule has 2 heterocycles. The van der Waals surface area contributed by atoms with Crippen molar-refractivity contribution >= 4 is 22.9 Å². The first-order valence-corrected chi connectivity index (χ1v) is 13.3. The fourth-order valence-corrected chi connectivity index (χ4v) is 4.28. The number of H-pyrrole nitrogens is 1. The molecule has 1 amide bonds. The van der Waals surface area contributed by atoms with Gasteiger partial charge in [-0.1, -0.05) is 19.1 Å². The Morgan fingerprint density at radius 3 is 2.52 bits per heavy atom. The first-order chi connectivity index (χ1) is 19.1. The standard InChI is InChI=1S/C31H36N4O5/c1-7-26-24-10-11-27(33-29(24)35-34-26)25-14-20(9-8-19(25)2)15-28(36)21-16-22(38-6)18-23(17-21)39-13-12-32-30(37)40-31(3,4)5/h8-11,14,16-18H,7,12-13,15H2,1-6H3,(H,32,37)(H,33,34,35). The third kappa shape index (κ3) is 7.16. The SMILES string of the molecule is CCc1[nH]nc2nc(-c3cc(CC(=O)c4cc(OC)cc(OCCNC(=O)OC(C)(C)C)c4)ccc3C)ccc12. The summed E-state index contributed by atoms with van der Waals surface area (Å²) in [5, 5.41) is 11.1. The smallest absolute Gasteiger partial charge is 0.407 e. The van der Waals surface area contributed by atoms with E-state index >= 15 is 0 Å². The molecule has 210 valence electrons. The molecule has 0 fully saturated rings. The van der Waals surface area contributed by atoms with Crippen molar-refractivity contribution in [3.63, 3.8) is 0 Å². The second-order valence-electron chi connectivity index (χ2n) is 10.5. The van der Waals surface area contributed by atoms with Crippen LogP contribution in [0.1, 0.15) is 54.9 Å². The van der Waals surface area contributed by atoms with Gasteiger partial charge < -0.3 is 19.5 Å². The number of Topliss-reactive ketones (excluding diaryl/α,β-unsaturated/α-hetero) is 1. The van der Waals surface area contributed by atoms with Crippen LogP contribution in [0.25, 0.3) is 22.3 Å². The summed E-state index contributed by atoms with van der Waals surface area (Å²) in [5.74, 6) is 0.906. The number of nitrogens with zero attached hydrogens (tertiary/aromatic N) is 2. The van der Waals surface area contributed by atoms with Gasteiger partial charge in [-0.25, -0.2) is 9.78 Å². The van der Waals surface area contributed by atoms with E-state index in [1.54, 1.807) is 39.0 Å². The Bertz CT molecular complexity index is 1520. The lowest BCUT2D eigenvalue weighted by Gasteiger charge is -2.19. The summed E-state index contributed by atoms with van der Waals surface area (Å²) in [6.45, 7) is 9.95. The third-order valence-electron chi connectivity index (χ3n) is 6.27. The molecule has 4 aromatic rings. The second-order valence-corrected chi connectivity index (χ2v) is 10.5. The molecular weight excluding hydrogens is 508 g/mol. The largest absolute Gasteiger partial charge is 0.497 e. The number of rotatable bonds is 10. The number of ether oxygens (including phenoxy) is 3. The second kappa shape index (κ2) is 12.2. The molecule has 9 heteroatoms. The number of hydrogen-bond donors (Lipinski definition) is 2. The monoisotopic (exact) mass is 544 g/mol. The number of nitrogens with one attached hydrogen (secondary N) is 2. The van der Waals surface area contributed by atoms with Gasteiger partial charge in [0.2, 0.25) is 0 Å². The highest BCUT2D eigenvalue weighted by Gasteiger charge is 2.16. The Labute approximate surface area is 234 Å². The fraction of sp³-hybridized carbons (Fsp3) is 0.355. The zero-order valence-electron chi connectivity index (χ0n) is 23.9. The predicted octanol–water partition coefficient (Wildman–Crippen LogP) is 5.83. The van der Waals surface area contributed by atoms with E-state index in [4.69, 9.17) is 19.2 Å². The van der Waals surface area contributed by atoms with E-state index in [0.717, 1.165) is 39.9 Å². The van der Waals surface area contributed by atoms with Gasteiger partial charge in [-0.2, -0.15) is 5.10 Å². The van der Waals surface area contributed by atoms with Crippen LogP contribution in [0.15, 0.2) is 48.5 Å². The van der Waals surface area contributed by atoms with E-state index in [1.807, 2.05) is 37.3 Å². The summed E-state index contributed by atoms with van der Waals surface area (Å²) in [4.78, 5) is 29.9. The van der Waals surface area contributed by atoms with Gasteiger partial charge in [0.15, 0.2) is 11.4 Å². The van der Waals surface area contributed by atoms with E-state index in [2.05, 4.69) is 22.4 Å². The summed E-state index contributed by atoms with van der Waals surface area (Å²) in [6.07, 6.45) is 0.541. The first-order valence-electron chi connectivity index (χ1n) is 13.3. The molecule has 0 saturated carbocycles. The molecule has 4 rings (SSSR count). The minimum absolute atomic E-state index is 0.0752. The van der Waals surface area contributed by atoms with Crippen LogP contribution in [0.5, 0.6) is 11.5 Å². The molecule has 0 unspecified atom stereocenters. The molecule has 2 N–H and O–H groups in total. The predicted molar refractivity (Wildman–Crippen MR) is 154 cm³/mol. The highest BCUT2D eigenvalue weighted by molar-refractivity contribution is 5.98. The fourth-order valence-electron chi connectivity index (χ4n) is 4.28. The summed E-state index contributed by atoms with van der Waals surface area (Å²) in [7, 11) is 1.54. The van der Waals surface area contributed by atoms with Crippen LogP contribution in [0, 0.1) is 6.92 Å².